The Labute approximate surface area is 117 Å². The van der Waals surface area contributed by atoms with E-state index in [-0.39, 0.29) is 11.8 Å². The summed E-state index contributed by atoms with van der Waals surface area (Å²) in [6, 6.07) is 3.95. The molecule has 2 amide bonds. The van der Waals surface area contributed by atoms with E-state index in [2.05, 4.69) is 5.32 Å². The fraction of sp³-hybridized carbons (Fsp3) is 0.467. The molecule has 1 aromatic rings. The molecule has 5 nitrogen and oxygen atoms in total. The van der Waals surface area contributed by atoms with Gasteiger partial charge in [-0.3, -0.25) is 9.59 Å². The van der Waals surface area contributed by atoms with Crippen molar-refractivity contribution in [1.82, 2.24) is 5.32 Å². The lowest BCUT2D eigenvalue weighted by Crippen LogP contribution is -2.48. The van der Waals surface area contributed by atoms with Crippen molar-refractivity contribution in [2.45, 2.75) is 38.1 Å². The van der Waals surface area contributed by atoms with E-state index in [1.54, 1.807) is 0 Å². The van der Waals surface area contributed by atoms with Gasteiger partial charge in [0, 0.05) is 5.56 Å². The number of nitrogens with two attached hydrogens (primary N) is 1. The topological polar surface area (TPSA) is 81.4 Å². The Kier molecular flexibility index (Phi) is 2.74. The van der Waals surface area contributed by atoms with E-state index in [9.17, 15) is 9.59 Å². The van der Waals surface area contributed by atoms with Gasteiger partial charge in [0.15, 0.2) is 0 Å². The Morgan fingerprint density at radius 1 is 1.30 bits per heavy atom. The van der Waals surface area contributed by atoms with E-state index in [1.807, 2.05) is 26.0 Å². The molecule has 1 atom stereocenters. The van der Waals surface area contributed by atoms with Crippen molar-refractivity contribution in [3.05, 3.63) is 28.8 Å². The zero-order chi connectivity index (χ0) is 14.5. The fourth-order valence-electron chi connectivity index (χ4n) is 2.57. The normalized spacial score (nSPS) is 21.8. The number of carbonyl (C=O) groups is 2. The number of hydrogen-bond donors (Lipinski definition) is 2. The van der Waals surface area contributed by atoms with Crippen LogP contribution < -0.4 is 15.8 Å². The molecule has 20 heavy (non-hydrogen) atoms. The second kappa shape index (κ2) is 4.23. The maximum Gasteiger partial charge on any atom is 0.243 e. The predicted molar refractivity (Wildman–Crippen MR) is 73.5 cm³/mol. The Hall–Kier alpha value is -2.04. The first-order chi connectivity index (χ1) is 9.43. The minimum atomic E-state index is -0.820. The summed E-state index contributed by atoms with van der Waals surface area (Å²) in [5.74, 6) is -0.230. The van der Waals surface area contributed by atoms with Crippen molar-refractivity contribution in [1.29, 1.82) is 0 Å². The number of ether oxygens (including phenoxy) is 1. The summed E-state index contributed by atoms with van der Waals surface area (Å²) in [6.07, 6.45) is 1.25. The van der Waals surface area contributed by atoms with Crippen molar-refractivity contribution in [2.75, 3.05) is 6.61 Å². The Bertz CT molecular complexity index is 605. The maximum atomic E-state index is 12.4. The van der Waals surface area contributed by atoms with E-state index in [1.165, 1.54) is 0 Å². The number of hydrogen-bond acceptors (Lipinski definition) is 3. The quantitative estimate of drug-likeness (QED) is 0.859. The van der Waals surface area contributed by atoms with Crippen LogP contribution >= 0.6 is 0 Å². The first kappa shape index (κ1) is 13.0. The third kappa shape index (κ3) is 1.94. The van der Waals surface area contributed by atoms with Crippen LogP contribution in [0.4, 0.5) is 0 Å². The van der Waals surface area contributed by atoms with Crippen LogP contribution in [0.2, 0.25) is 0 Å². The van der Waals surface area contributed by atoms with Gasteiger partial charge in [-0.1, -0.05) is 6.07 Å². The molecule has 2 aliphatic rings. The number of fused-ring (bicyclic) bond motifs is 1. The monoisotopic (exact) mass is 274 g/mol. The third-order valence-electron chi connectivity index (χ3n) is 4.31. The van der Waals surface area contributed by atoms with Gasteiger partial charge in [0.1, 0.15) is 23.8 Å². The summed E-state index contributed by atoms with van der Waals surface area (Å²) < 4.78 is 5.59. The van der Waals surface area contributed by atoms with Gasteiger partial charge >= 0.3 is 0 Å². The third-order valence-corrected chi connectivity index (χ3v) is 4.31. The van der Waals surface area contributed by atoms with Crippen LogP contribution in [0, 0.1) is 13.8 Å². The molecular formula is C15H18N2O3. The molecule has 0 bridgehead atoms. The molecule has 106 valence electrons. The molecule has 1 aromatic carbocycles. The zero-order valence-corrected chi connectivity index (χ0v) is 11.7. The number of carbonyl (C=O) groups excluding carboxylic acids is 2. The lowest BCUT2D eigenvalue weighted by atomic mass is 9.96. The highest BCUT2D eigenvalue weighted by molar-refractivity contribution is 5.95. The second-order valence-corrected chi connectivity index (χ2v) is 5.77. The molecule has 3 N–H and O–H groups in total. The molecule has 0 saturated heterocycles. The van der Waals surface area contributed by atoms with Gasteiger partial charge in [-0.05, 0) is 43.9 Å². The molecule has 1 aliphatic heterocycles. The summed E-state index contributed by atoms with van der Waals surface area (Å²) >= 11 is 0. The van der Waals surface area contributed by atoms with Gasteiger partial charge in [-0.2, -0.15) is 0 Å². The number of nitrogens with one attached hydrogen (secondary N) is 1. The summed E-state index contributed by atoms with van der Waals surface area (Å²) in [7, 11) is 0. The van der Waals surface area contributed by atoms with Crippen molar-refractivity contribution in [3.8, 4) is 5.75 Å². The van der Waals surface area contributed by atoms with Crippen LogP contribution in [0.3, 0.4) is 0 Å². The van der Waals surface area contributed by atoms with E-state index < -0.39 is 11.4 Å². The number of primary amides is 1. The second-order valence-electron chi connectivity index (χ2n) is 5.77. The highest BCUT2D eigenvalue weighted by Crippen LogP contribution is 2.39. The fourth-order valence-corrected chi connectivity index (χ4v) is 2.57. The van der Waals surface area contributed by atoms with Gasteiger partial charge in [-0.15, -0.1) is 0 Å². The van der Waals surface area contributed by atoms with Crippen LogP contribution in [0.15, 0.2) is 12.1 Å². The molecule has 5 heteroatoms. The van der Waals surface area contributed by atoms with E-state index in [0.29, 0.717) is 19.4 Å². The van der Waals surface area contributed by atoms with Crippen LogP contribution in [-0.4, -0.2) is 24.0 Å². The molecule has 0 spiro atoms. The number of rotatable bonds is 3. The van der Waals surface area contributed by atoms with Gasteiger partial charge in [0.2, 0.25) is 11.8 Å². The maximum absolute atomic E-state index is 12.4. The Morgan fingerprint density at radius 2 is 1.95 bits per heavy atom. The van der Waals surface area contributed by atoms with Crippen molar-refractivity contribution in [3.63, 3.8) is 0 Å². The minimum Gasteiger partial charge on any atom is -0.492 e. The first-order valence-electron chi connectivity index (χ1n) is 6.79. The van der Waals surface area contributed by atoms with Crippen LogP contribution in [0.25, 0.3) is 0 Å². The molecule has 0 radical (unpaired) electrons. The standard InChI is InChI=1S/C15H18N2O3/c1-8-5-10-11(7-20-12(10)6-9(8)2)13(18)17-15(3-4-15)14(16)19/h5-6,11H,3-4,7H2,1-2H3,(H2,16,19)(H,17,18). The summed E-state index contributed by atoms with van der Waals surface area (Å²) in [5.41, 5.74) is 7.68. The average Bonchev–Trinajstić information content (AvgIpc) is 3.05. The van der Waals surface area contributed by atoms with Gasteiger partial charge in [0.25, 0.3) is 0 Å². The highest BCUT2D eigenvalue weighted by Gasteiger charge is 2.51. The number of amides is 2. The lowest BCUT2D eigenvalue weighted by Gasteiger charge is -2.16. The predicted octanol–water partition coefficient (Wildman–Crippen LogP) is 0.914. The minimum absolute atomic E-state index is 0.177. The molecule has 1 fully saturated rings. The van der Waals surface area contributed by atoms with E-state index in [0.717, 1.165) is 22.4 Å². The van der Waals surface area contributed by atoms with Crippen molar-refractivity contribution < 1.29 is 14.3 Å². The molecule has 3 rings (SSSR count). The Morgan fingerprint density at radius 3 is 2.55 bits per heavy atom. The van der Waals surface area contributed by atoms with Crippen molar-refractivity contribution >= 4 is 11.8 Å². The highest BCUT2D eigenvalue weighted by atomic mass is 16.5. The van der Waals surface area contributed by atoms with Gasteiger partial charge in [-0.25, -0.2) is 0 Å². The molecule has 0 aromatic heterocycles. The first-order valence-corrected chi connectivity index (χ1v) is 6.79. The van der Waals surface area contributed by atoms with Crippen molar-refractivity contribution in [2.24, 2.45) is 5.73 Å². The van der Waals surface area contributed by atoms with Gasteiger partial charge < -0.3 is 15.8 Å². The van der Waals surface area contributed by atoms with Crippen LogP contribution in [-0.2, 0) is 9.59 Å². The molecule has 1 unspecified atom stereocenters. The summed E-state index contributed by atoms with van der Waals surface area (Å²) in [4.78, 5) is 23.7. The largest absolute Gasteiger partial charge is 0.492 e. The molecule has 1 heterocycles. The summed E-state index contributed by atoms with van der Waals surface area (Å²) in [6.45, 7) is 4.34. The SMILES string of the molecule is Cc1cc2c(cc1C)C(C(=O)NC1(C(N)=O)CC1)CO2. The molecule has 1 aliphatic carbocycles. The molecular weight excluding hydrogens is 256 g/mol. The van der Waals surface area contributed by atoms with E-state index >= 15 is 0 Å². The lowest BCUT2D eigenvalue weighted by molar-refractivity contribution is -0.129. The average molecular weight is 274 g/mol. The zero-order valence-electron chi connectivity index (χ0n) is 11.7. The van der Waals surface area contributed by atoms with Gasteiger partial charge in [0.05, 0.1) is 0 Å². The van der Waals surface area contributed by atoms with E-state index in [4.69, 9.17) is 10.5 Å². The van der Waals surface area contributed by atoms with Crippen LogP contribution in [0.1, 0.15) is 35.4 Å². The number of benzene rings is 1. The molecule has 1 saturated carbocycles. The summed E-state index contributed by atoms with van der Waals surface area (Å²) in [5, 5.41) is 2.79. The van der Waals surface area contributed by atoms with Crippen LogP contribution in [0.5, 0.6) is 5.75 Å². The smallest absolute Gasteiger partial charge is 0.243 e. The Balaban J connectivity index is 1.83. The number of aryl methyl sites for hydroxylation is 2.